The summed E-state index contributed by atoms with van der Waals surface area (Å²) in [5.41, 5.74) is 1.97. The number of aryl methyl sites for hydroxylation is 2. The van der Waals surface area contributed by atoms with Crippen LogP contribution in [0, 0.1) is 13.8 Å². The predicted molar refractivity (Wildman–Crippen MR) is 114 cm³/mol. The lowest BCUT2D eigenvalue weighted by molar-refractivity contribution is -0.132. The van der Waals surface area contributed by atoms with Crippen LogP contribution in [-0.4, -0.2) is 21.8 Å². The molecule has 4 rings (SSSR count). The predicted octanol–water partition coefficient (Wildman–Crippen LogP) is 5.04. The molecule has 0 radical (unpaired) electrons. The van der Waals surface area contributed by atoms with Crippen molar-refractivity contribution in [3.8, 4) is 0 Å². The van der Waals surface area contributed by atoms with E-state index in [4.69, 9.17) is 11.6 Å². The van der Waals surface area contributed by atoms with Crippen molar-refractivity contribution in [3.05, 3.63) is 86.9 Å². The first-order valence-corrected chi connectivity index (χ1v) is 10.1. The quantitative estimate of drug-likeness (QED) is 0.363. The molecule has 146 valence electrons. The zero-order chi connectivity index (χ0) is 20.7. The van der Waals surface area contributed by atoms with Gasteiger partial charge in [-0.05, 0) is 43.7 Å². The number of benzene rings is 2. The third-order valence-corrected chi connectivity index (χ3v) is 6.22. The summed E-state index contributed by atoms with van der Waals surface area (Å²) < 4.78 is 0. The lowest BCUT2D eigenvalue weighted by atomic mass is 9.95. The second-order valence-electron chi connectivity index (χ2n) is 6.72. The lowest BCUT2D eigenvalue weighted by Gasteiger charge is -2.23. The molecular formula is C22H17ClN2O3S. The maximum atomic E-state index is 13.0. The van der Waals surface area contributed by atoms with E-state index in [1.54, 1.807) is 24.3 Å². The van der Waals surface area contributed by atoms with Gasteiger partial charge < -0.3 is 5.11 Å². The van der Waals surface area contributed by atoms with Crippen LogP contribution in [0.2, 0.25) is 5.02 Å². The third-order valence-electron chi connectivity index (χ3n) is 4.90. The first-order chi connectivity index (χ1) is 13.9. The summed E-state index contributed by atoms with van der Waals surface area (Å²) in [4.78, 5) is 32.8. The van der Waals surface area contributed by atoms with Crippen molar-refractivity contribution in [2.24, 2.45) is 0 Å². The van der Waals surface area contributed by atoms with E-state index in [9.17, 15) is 14.7 Å². The van der Waals surface area contributed by atoms with Crippen LogP contribution in [-0.2, 0) is 9.59 Å². The number of anilines is 1. The van der Waals surface area contributed by atoms with Gasteiger partial charge in [0.2, 0.25) is 0 Å². The standard InChI is InChI=1S/C22H17ClN2O3S/c1-12-13(2)29-22(24-12)25-18(14-6-4-3-5-7-14)17(20(27)21(25)28)19(26)15-8-10-16(23)11-9-15/h3-11,18,26H,1-2H3. The number of aliphatic hydroxyl groups is 1. The fourth-order valence-corrected chi connectivity index (χ4v) is 4.37. The molecule has 1 aliphatic rings. The van der Waals surface area contributed by atoms with E-state index >= 15 is 0 Å². The SMILES string of the molecule is Cc1nc(N2C(=O)C(=O)C(=C(O)c3ccc(Cl)cc3)C2c2ccccc2)sc1C. The molecule has 1 aliphatic heterocycles. The molecule has 2 aromatic carbocycles. The summed E-state index contributed by atoms with van der Waals surface area (Å²) >= 11 is 7.29. The average molecular weight is 425 g/mol. The Hall–Kier alpha value is -2.96. The first kappa shape index (κ1) is 19.4. The molecule has 1 N–H and O–H groups in total. The zero-order valence-corrected chi connectivity index (χ0v) is 17.3. The van der Waals surface area contributed by atoms with Crippen LogP contribution in [0.4, 0.5) is 5.13 Å². The molecule has 2 heterocycles. The Morgan fingerprint density at radius 3 is 2.31 bits per heavy atom. The van der Waals surface area contributed by atoms with E-state index in [0.29, 0.717) is 21.3 Å². The number of ketones is 1. The van der Waals surface area contributed by atoms with Crippen LogP contribution >= 0.6 is 22.9 Å². The van der Waals surface area contributed by atoms with Crippen LogP contribution < -0.4 is 4.90 Å². The van der Waals surface area contributed by atoms with E-state index in [1.165, 1.54) is 16.2 Å². The Morgan fingerprint density at radius 2 is 1.72 bits per heavy atom. The first-order valence-electron chi connectivity index (χ1n) is 8.94. The highest BCUT2D eigenvalue weighted by molar-refractivity contribution is 7.16. The minimum absolute atomic E-state index is 0.0361. The Morgan fingerprint density at radius 1 is 1.07 bits per heavy atom. The summed E-state index contributed by atoms with van der Waals surface area (Å²) in [5, 5.41) is 11.9. The van der Waals surface area contributed by atoms with Gasteiger partial charge in [-0.25, -0.2) is 4.98 Å². The number of hydrogen-bond donors (Lipinski definition) is 1. The largest absolute Gasteiger partial charge is 0.507 e. The number of rotatable bonds is 3. The molecule has 3 aromatic rings. The number of amides is 1. The molecule has 1 aromatic heterocycles. The second-order valence-corrected chi connectivity index (χ2v) is 8.34. The maximum Gasteiger partial charge on any atom is 0.301 e. The van der Waals surface area contributed by atoms with Gasteiger partial charge in [0.15, 0.2) is 5.13 Å². The highest BCUT2D eigenvalue weighted by Crippen LogP contribution is 2.43. The van der Waals surface area contributed by atoms with E-state index in [-0.39, 0.29) is 11.3 Å². The summed E-state index contributed by atoms with van der Waals surface area (Å²) in [6.45, 7) is 3.77. The molecule has 0 bridgehead atoms. The summed E-state index contributed by atoms with van der Waals surface area (Å²) in [5.74, 6) is -1.68. The molecule has 0 saturated carbocycles. The molecule has 1 saturated heterocycles. The average Bonchev–Trinajstić information content (AvgIpc) is 3.18. The smallest absolute Gasteiger partial charge is 0.301 e. The van der Waals surface area contributed by atoms with Crippen molar-refractivity contribution >= 4 is 45.5 Å². The summed E-state index contributed by atoms with van der Waals surface area (Å²) in [6, 6.07) is 14.9. The highest BCUT2D eigenvalue weighted by Gasteiger charge is 2.48. The molecule has 0 aliphatic carbocycles. The minimum atomic E-state index is -0.767. The number of Topliss-reactive ketones (excluding diaryl/α,β-unsaturated/α-hetero) is 1. The highest BCUT2D eigenvalue weighted by atomic mass is 35.5. The van der Waals surface area contributed by atoms with Crippen LogP contribution in [0.5, 0.6) is 0 Å². The molecular weight excluding hydrogens is 408 g/mol. The Kier molecular flexibility index (Phi) is 4.98. The van der Waals surface area contributed by atoms with Gasteiger partial charge in [0.1, 0.15) is 5.76 Å². The molecule has 1 fully saturated rings. The van der Waals surface area contributed by atoms with Gasteiger partial charge in [-0.2, -0.15) is 0 Å². The maximum absolute atomic E-state index is 13.0. The number of carbonyl (C=O) groups excluding carboxylic acids is 2. The second kappa shape index (κ2) is 7.46. The van der Waals surface area contributed by atoms with Gasteiger partial charge in [-0.1, -0.05) is 41.9 Å². The topological polar surface area (TPSA) is 70.5 Å². The number of hydrogen-bond acceptors (Lipinski definition) is 5. The van der Waals surface area contributed by atoms with E-state index < -0.39 is 17.7 Å². The molecule has 1 atom stereocenters. The fourth-order valence-electron chi connectivity index (χ4n) is 3.30. The van der Waals surface area contributed by atoms with Crippen LogP contribution in [0.25, 0.3) is 5.76 Å². The number of aliphatic hydroxyl groups excluding tert-OH is 1. The van der Waals surface area contributed by atoms with Crippen LogP contribution in [0.3, 0.4) is 0 Å². The van der Waals surface area contributed by atoms with E-state index in [1.807, 2.05) is 44.2 Å². The lowest BCUT2D eigenvalue weighted by Crippen LogP contribution is -2.29. The van der Waals surface area contributed by atoms with Gasteiger partial charge >= 0.3 is 5.91 Å². The van der Waals surface area contributed by atoms with Crippen molar-refractivity contribution in [2.45, 2.75) is 19.9 Å². The number of carbonyl (C=O) groups is 2. The van der Waals surface area contributed by atoms with Gasteiger partial charge in [-0.15, -0.1) is 11.3 Å². The Labute approximate surface area is 176 Å². The molecule has 5 nitrogen and oxygen atoms in total. The van der Waals surface area contributed by atoms with Crippen LogP contribution in [0.1, 0.15) is 27.7 Å². The zero-order valence-electron chi connectivity index (χ0n) is 15.7. The van der Waals surface area contributed by atoms with E-state index in [0.717, 1.165) is 10.6 Å². The van der Waals surface area contributed by atoms with Crippen molar-refractivity contribution in [1.29, 1.82) is 0 Å². The van der Waals surface area contributed by atoms with Gasteiger partial charge in [0.25, 0.3) is 5.78 Å². The number of thiazole rings is 1. The van der Waals surface area contributed by atoms with Crippen molar-refractivity contribution in [2.75, 3.05) is 4.90 Å². The third kappa shape index (κ3) is 3.34. The minimum Gasteiger partial charge on any atom is -0.507 e. The number of halogens is 1. The van der Waals surface area contributed by atoms with E-state index in [2.05, 4.69) is 4.98 Å². The summed E-state index contributed by atoms with van der Waals surface area (Å²) in [7, 11) is 0. The Bertz CT molecular complexity index is 1120. The number of aromatic nitrogens is 1. The van der Waals surface area contributed by atoms with Gasteiger partial charge in [-0.3, -0.25) is 14.5 Å². The molecule has 0 spiro atoms. The van der Waals surface area contributed by atoms with Crippen molar-refractivity contribution in [1.82, 2.24) is 4.98 Å². The van der Waals surface area contributed by atoms with Crippen molar-refractivity contribution in [3.63, 3.8) is 0 Å². The molecule has 1 unspecified atom stereocenters. The van der Waals surface area contributed by atoms with Gasteiger partial charge in [0, 0.05) is 15.5 Å². The fraction of sp³-hybridized carbons (Fsp3) is 0.136. The number of nitrogens with zero attached hydrogens (tertiary/aromatic N) is 2. The molecule has 1 amide bonds. The molecule has 29 heavy (non-hydrogen) atoms. The Balaban J connectivity index is 1.94. The van der Waals surface area contributed by atoms with Gasteiger partial charge in [0.05, 0.1) is 17.3 Å². The summed E-state index contributed by atoms with van der Waals surface area (Å²) in [6.07, 6.45) is 0. The monoisotopic (exact) mass is 424 g/mol. The molecule has 7 heteroatoms. The normalized spacial score (nSPS) is 18.4. The van der Waals surface area contributed by atoms with Crippen molar-refractivity contribution < 1.29 is 14.7 Å². The van der Waals surface area contributed by atoms with Crippen LogP contribution in [0.15, 0.2) is 60.2 Å².